The van der Waals surface area contributed by atoms with Crippen molar-refractivity contribution in [2.45, 2.75) is 13.5 Å². The molecule has 0 saturated heterocycles. The third-order valence-electron chi connectivity index (χ3n) is 5.00. The molecule has 0 bridgehead atoms. The molecule has 4 aromatic rings. The number of nitrogens with zero attached hydrogens (tertiary/aromatic N) is 2. The van der Waals surface area contributed by atoms with Crippen molar-refractivity contribution in [3.8, 4) is 17.0 Å². The van der Waals surface area contributed by atoms with E-state index in [1.54, 1.807) is 24.1 Å². The number of hydrogen-bond acceptors (Lipinski definition) is 3. The van der Waals surface area contributed by atoms with Gasteiger partial charge in [0.05, 0.1) is 19.2 Å². The third kappa shape index (κ3) is 4.48. The molecular formula is C25H22FN3O2. The van der Waals surface area contributed by atoms with E-state index in [4.69, 9.17) is 4.74 Å². The molecule has 0 aliphatic heterocycles. The van der Waals surface area contributed by atoms with E-state index >= 15 is 0 Å². The molecule has 1 aromatic heterocycles. The summed E-state index contributed by atoms with van der Waals surface area (Å²) in [5, 5.41) is 7.51. The van der Waals surface area contributed by atoms with Crippen molar-refractivity contribution in [2.75, 3.05) is 12.4 Å². The van der Waals surface area contributed by atoms with Gasteiger partial charge in [-0.05, 0) is 42.3 Å². The number of aromatic nitrogens is 2. The van der Waals surface area contributed by atoms with E-state index in [-0.39, 0.29) is 5.91 Å². The largest absolute Gasteiger partial charge is 0.496 e. The highest BCUT2D eigenvalue weighted by atomic mass is 19.1. The van der Waals surface area contributed by atoms with Gasteiger partial charge in [0.2, 0.25) is 0 Å². The highest BCUT2D eigenvalue weighted by molar-refractivity contribution is 6.08. The van der Waals surface area contributed by atoms with Gasteiger partial charge in [-0.3, -0.25) is 9.48 Å². The maximum atomic E-state index is 13.7. The summed E-state index contributed by atoms with van der Waals surface area (Å²) < 4.78 is 20.9. The molecule has 6 heteroatoms. The summed E-state index contributed by atoms with van der Waals surface area (Å²) in [7, 11) is 1.58. The molecule has 1 heterocycles. The molecule has 0 aliphatic carbocycles. The molecule has 3 aromatic carbocycles. The molecule has 0 atom stereocenters. The fraction of sp³-hybridized carbons (Fsp3) is 0.120. The van der Waals surface area contributed by atoms with Gasteiger partial charge in [0.1, 0.15) is 17.3 Å². The van der Waals surface area contributed by atoms with E-state index in [9.17, 15) is 9.18 Å². The second-order valence-electron chi connectivity index (χ2n) is 7.19. The van der Waals surface area contributed by atoms with Gasteiger partial charge in [-0.2, -0.15) is 5.10 Å². The Morgan fingerprint density at radius 2 is 1.81 bits per heavy atom. The highest BCUT2D eigenvalue weighted by Gasteiger charge is 2.21. The van der Waals surface area contributed by atoms with Gasteiger partial charge in [0.15, 0.2) is 0 Å². The number of ether oxygens (including phenoxy) is 1. The quantitative estimate of drug-likeness (QED) is 0.465. The zero-order valence-corrected chi connectivity index (χ0v) is 17.3. The van der Waals surface area contributed by atoms with Crippen LogP contribution in [-0.2, 0) is 6.54 Å². The number of amides is 1. The van der Waals surface area contributed by atoms with Gasteiger partial charge in [0.25, 0.3) is 5.91 Å². The fourth-order valence-corrected chi connectivity index (χ4v) is 3.40. The average Bonchev–Trinajstić information content (AvgIpc) is 3.20. The third-order valence-corrected chi connectivity index (χ3v) is 5.00. The lowest BCUT2D eigenvalue weighted by molar-refractivity contribution is 0.102. The number of halogens is 1. The normalized spacial score (nSPS) is 10.7. The van der Waals surface area contributed by atoms with Crippen molar-refractivity contribution in [3.63, 3.8) is 0 Å². The Bertz CT molecular complexity index is 1220. The minimum Gasteiger partial charge on any atom is -0.496 e. The Morgan fingerprint density at radius 1 is 1.06 bits per heavy atom. The summed E-state index contributed by atoms with van der Waals surface area (Å²) in [5.74, 6) is -0.164. The fourth-order valence-electron chi connectivity index (χ4n) is 3.40. The lowest BCUT2D eigenvalue weighted by atomic mass is 10.1. The van der Waals surface area contributed by atoms with Crippen molar-refractivity contribution >= 4 is 11.6 Å². The maximum absolute atomic E-state index is 13.7. The Hall–Kier alpha value is -3.93. The summed E-state index contributed by atoms with van der Waals surface area (Å²) >= 11 is 0. The van der Waals surface area contributed by atoms with Crippen LogP contribution in [0.3, 0.4) is 0 Å². The van der Waals surface area contributed by atoms with E-state index in [2.05, 4.69) is 10.4 Å². The summed E-state index contributed by atoms with van der Waals surface area (Å²) in [6.45, 7) is 2.32. The lowest BCUT2D eigenvalue weighted by Gasteiger charge is -2.10. The Morgan fingerprint density at radius 3 is 2.58 bits per heavy atom. The molecule has 0 fully saturated rings. The number of methoxy groups -OCH3 is 1. The van der Waals surface area contributed by atoms with Crippen LogP contribution in [0.2, 0.25) is 0 Å². The summed E-state index contributed by atoms with van der Waals surface area (Å²) in [4.78, 5) is 13.2. The second-order valence-corrected chi connectivity index (χ2v) is 7.19. The Kier molecular flexibility index (Phi) is 5.80. The van der Waals surface area contributed by atoms with E-state index < -0.39 is 5.82 Å². The monoisotopic (exact) mass is 415 g/mol. The van der Waals surface area contributed by atoms with Crippen molar-refractivity contribution in [1.29, 1.82) is 0 Å². The minimum absolute atomic E-state index is 0.367. The van der Waals surface area contributed by atoms with Crippen LogP contribution in [0.4, 0.5) is 10.1 Å². The van der Waals surface area contributed by atoms with Crippen LogP contribution < -0.4 is 10.1 Å². The Labute approximate surface area is 180 Å². The van der Waals surface area contributed by atoms with E-state index in [1.807, 2.05) is 61.5 Å². The van der Waals surface area contributed by atoms with Crippen LogP contribution >= 0.6 is 0 Å². The molecule has 0 radical (unpaired) electrons. The molecule has 4 rings (SSSR count). The van der Waals surface area contributed by atoms with E-state index in [0.717, 1.165) is 11.1 Å². The predicted molar refractivity (Wildman–Crippen MR) is 119 cm³/mol. The standard InChI is InChI=1S/C25H22FN3O2/c1-17-12-13-19(26)14-22(17)27-25(30)21-16-29(15-18-8-4-3-5-9-18)28-24(21)20-10-6-7-11-23(20)31-2/h3-14,16H,15H2,1-2H3,(H,27,30). The number of hydrogen-bond donors (Lipinski definition) is 1. The number of nitrogens with one attached hydrogen (secondary N) is 1. The zero-order valence-electron chi connectivity index (χ0n) is 17.3. The number of carbonyl (C=O) groups is 1. The number of carbonyl (C=O) groups excluding carboxylic acids is 1. The predicted octanol–water partition coefficient (Wildman–Crippen LogP) is 5.31. The minimum atomic E-state index is -0.411. The first-order valence-electron chi connectivity index (χ1n) is 9.87. The van der Waals surface area contributed by atoms with Crippen molar-refractivity contribution in [2.24, 2.45) is 0 Å². The number of para-hydroxylation sites is 1. The topological polar surface area (TPSA) is 56.2 Å². The van der Waals surface area contributed by atoms with Gasteiger partial charge < -0.3 is 10.1 Å². The molecule has 156 valence electrons. The highest BCUT2D eigenvalue weighted by Crippen LogP contribution is 2.32. The van der Waals surface area contributed by atoms with E-state index in [0.29, 0.717) is 34.8 Å². The summed E-state index contributed by atoms with van der Waals surface area (Å²) in [5.41, 5.74) is 3.84. The van der Waals surface area contributed by atoms with Crippen molar-refractivity contribution < 1.29 is 13.9 Å². The molecule has 0 spiro atoms. The Balaban J connectivity index is 1.75. The second kappa shape index (κ2) is 8.83. The summed E-state index contributed by atoms with van der Waals surface area (Å²) in [6, 6.07) is 21.6. The van der Waals surface area contributed by atoms with Crippen LogP contribution in [-0.4, -0.2) is 22.8 Å². The van der Waals surface area contributed by atoms with Crippen LogP contribution in [0.25, 0.3) is 11.3 Å². The molecule has 1 amide bonds. The number of anilines is 1. The molecule has 0 aliphatic rings. The number of aryl methyl sites for hydroxylation is 1. The van der Waals surface area contributed by atoms with Crippen LogP contribution in [0.5, 0.6) is 5.75 Å². The first-order chi connectivity index (χ1) is 15.0. The van der Waals surface area contributed by atoms with Gasteiger partial charge in [-0.1, -0.05) is 48.5 Å². The van der Waals surface area contributed by atoms with Crippen LogP contribution in [0, 0.1) is 12.7 Å². The SMILES string of the molecule is COc1ccccc1-c1nn(Cc2ccccc2)cc1C(=O)Nc1cc(F)ccc1C. The van der Waals surface area contributed by atoms with Crippen molar-refractivity contribution in [1.82, 2.24) is 9.78 Å². The summed E-state index contributed by atoms with van der Waals surface area (Å²) in [6.07, 6.45) is 1.71. The smallest absolute Gasteiger partial charge is 0.259 e. The maximum Gasteiger partial charge on any atom is 0.259 e. The van der Waals surface area contributed by atoms with Crippen LogP contribution in [0.1, 0.15) is 21.5 Å². The zero-order chi connectivity index (χ0) is 21.8. The molecular weight excluding hydrogens is 393 g/mol. The van der Waals surface area contributed by atoms with Gasteiger partial charge in [-0.15, -0.1) is 0 Å². The lowest BCUT2D eigenvalue weighted by Crippen LogP contribution is -2.13. The van der Waals surface area contributed by atoms with Crippen molar-refractivity contribution in [3.05, 3.63) is 102 Å². The number of benzene rings is 3. The molecule has 0 saturated carbocycles. The van der Waals surface area contributed by atoms with E-state index in [1.165, 1.54) is 12.1 Å². The van der Waals surface area contributed by atoms with Gasteiger partial charge in [0, 0.05) is 17.4 Å². The first kappa shape index (κ1) is 20.3. The van der Waals surface area contributed by atoms with Gasteiger partial charge in [-0.25, -0.2) is 4.39 Å². The average molecular weight is 415 g/mol. The van der Waals surface area contributed by atoms with Gasteiger partial charge >= 0.3 is 0 Å². The molecule has 31 heavy (non-hydrogen) atoms. The molecule has 5 nitrogen and oxygen atoms in total. The number of rotatable bonds is 6. The molecule has 1 N–H and O–H groups in total. The first-order valence-corrected chi connectivity index (χ1v) is 9.87. The van der Waals surface area contributed by atoms with Crippen LogP contribution in [0.15, 0.2) is 79.0 Å². The molecule has 0 unspecified atom stereocenters.